The van der Waals surface area contributed by atoms with Crippen molar-refractivity contribution in [2.75, 3.05) is 5.75 Å². The molecule has 0 spiro atoms. The summed E-state index contributed by atoms with van der Waals surface area (Å²) in [5.41, 5.74) is 1.64. The number of carbonyl (C=O) groups excluding carboxylic acids is 1. The molecule has 0 saturated carbocycles. The molecule has 0 unspecified atom stereocenters. The van der Waals surface area contributed by atoms with Crippen molar-refractivity contribution in [3.8, 4) is 5.69 Å². The van der Waals surface area contributed by atoms with Gasteiger partial charge < -0.3 is 5.32 Å². The van der Waals surface area contributed by atoms with Crippen molar-refractivity contribution in [2.45, 2.75) is 45.3 Å². The number of nitrogens with zero attached hydrogens (tertiary/aromatic N) is 2. The van der Waals surface area contributed by atoms with Crippen LogP contribution in [-0.2, 0) is 4.79 Å². The Morgan fingerprint density at radius 2 is 2.00 bits per heavy atom. The van der Waals surface area contributed by atoms with Crippen LogP contribution in [0.25, 0.3) is 15.9 Å². The van der Waals surface area contributed by atoms with Crippen LogP contribution in [0.2, 0.25) is 0 Å². The number of thiophene rings is 1. The van der Waals surface area contributed by atoms with E-state index in [1.165, 1.54) is 23.1 Å². The fourth-order valence-electron chi connectivity index (χ4n) is 2.73. The smallest absolute Gasteiger partial charge is 0.267 e. The van der Waals surface area contributed by atoms with Gasteiger partial charge in [-0.3, -0.25) is 14.2 Å². The minimum atomic E-state index is -0.0853. The van der Waals surface area contributed by atoms with Crippen LogP contribution in [0.5, 0.6) is 0 Å². The molecule has 0 aliphatic carbocycles. The Morgan fingerprint density at radius 3 is 2.67 bits per heavy atom. The van der Waals surface area contributed by atoms with Gasteiger partial charge in [0.2, 0.25) is 5.91 Å². The van der Waals surface area contributed by atoms with E-state index in [1.54, 1.807) is 4.57 Å². The Morgan fingerprint density at radius 1 is 1.30 bits per heavy atom. The Labute approximate surface area is 166 Å². The van der Waals surface area contributed by atoms with Crippen molar-refractivity contribution in [2.24, 2.45) is 0 Å². The van der Waals surface area contributed by atoms with Crippen LogP contribution in [0.4, 0.5) is 0 Å². The van der Waals surface area contributed by atoms with E-state index in [9.17, 15) is 9.59 Å². The number of benzene rings is 1. The normalized spacial score (nSPS) is 12.3. The molecular weight excluding hydrogens is 378 g/mol. The predicted octanol–water partition coefficient (Wildman–Crippen LogP) is 4.07. The van der Waals surface area contributed by atoms with Gasteiger partial charge in [-0.1, -0.05) is 36.9 Å². The number of aryl methyl sites for hydroxylation is 2. The molecule has 0 saturated heterocycles. The first kappa shape index (κ1) is 19.6. The number of para-hydroxylation sites is 1. The van der Waals surface area contributed by atoms with Gasteiger partial charge in [0.25, 0.3) is 5.56 Å². The fraction of sp³-hybridized carbons (Fsp3) is 0.350. The highest BCUT2D eigenvalue weighted by Crippen LogP contribution is 2.29. The second kappa shape index (κ2) is 8.27. The van der Waals surface area contributed by atoms with Crippen LogP contribution in [0.15, 0.2) is 40.3 Å². The maximum atomic E-state index is 13.3. The van der Waals surface area contributed by atoms with Crippen molar-refractivity contribution in [3.63, 3.8) is 0 Å². The predicted molar refractivity (Wildman–Crippen MR) is 113 cm³/mol. The first-order valence-electron chi connectivity index (χ1n) is 8.92. The second-order valence-corrected chi connectivity index (χ2v) is 8.65. The Balaban J connectivity index is 2.05. The number of rotatable bonds is 6. The van der Waals surface area contributed by atoms with Gasteiger partial charge in [-0.25, -0.2) is 4.98 Å². The summed E-state index contributed by atoms with van der Waals surface area (Å²) in [7, 11) is 0. The van der Waals surface area contributed by atoms with E-state index in [0.717, 1.165) is 27.4 Å². The molecule has 1 aromatic carbocycles. The monoisotopic (exact) mass is 401 g/mol. The molecule has 3 rings (SSSR count). The van der Waals surface area contributed by atoms with Crippen LogP contribution < -0.4 is 10.9 Å². The summed E-state index contributed by atoms with van der Waals surface area (Å²) in [6.45, 7) is 7.96. The topological polar surface area (TPSA) is 64.0 Å². The third-order valence-corrected chi connectivity index (χ3v) is 6.58. The van der Waals surface area contributed by atoms with E-state index in [-0.39, 0.29) is 23.3 Å². The molecule has 0 bridgehead atoms. The Bertz CT molecular complexity index is 1030. The Kier molecular flexibility index (Phi) is 6.01. The summed E-state index contributed by atoms with van der Waals surface area (Å²) in [4.78, 5) is 32.0. The number of thioether (sulfide) groups is 1. The zero-order chi connectivity index (χ0) is 19.6. The van der Waals surface area contributed by atoms with Crippen molar-refractivity contribution in [1.82, 2.24) is 14.9 Å². The van der Waals surface area contributed by atoms with Gasteiger partial charge >= 0.3 is 0 Å². The van der Waals surface area contributed by atoms with Crippen molar-refractivity contribution in [1.29, 1.82) is 0 Å². The molecule has 7 heteroatoms. The summed E-state index contributed by atoms with van der Waals surface area (Å²) in [5.74, 6) is 0.167. The summed E-state index contributed by atoms with van der Waals surface area (Å²) in [5, 5.41) is 4.15. The third kappa shape index (κ3) is 4.09. The highest BCUT2D eigenvalue weighted by atomic mass is 32.2. The van der Waals surface area contributed by atoms with Crippen LogP contribution >= 0.6 is 23.1 Å². The summed E-state index contributed by atoms with van der Waals surface area (Å²) in [6, 6.07) is 9.59. The summed E-state index contributed by atoms with van der Waals surface area (Å²) < 4.78 is 1.61. The molecule has 5 nitrogen and oxygen atoms in total. The molecule has 1 atom stereocenters. The maximum absolute atomic E-state index is 13.3. The van der Waals surface area contributed by atoms with Gasteiger partial charge in [0, 0.05) is 10.9 Å². The maximum Gasteiger partial charge on any atom is 0.267 e. The van der Waals surface area contributed by atoms with Crippen molar-refractivity contribution < 1.29 is 4.79 Å². The van der Waals surface area contributed by atoms with Crippen molar-refractivity contribution >= 4 is 39.2 Å². The zero-order valence-corrected chi connectivity index (χ0v) is 17.5. The van der Waals surface area contributed by atoms with Gasteiger partial charge in [0.05, 0.1) is 16.8 Å². The van der Waals surface area contributed by atoms with Crippen LogP contribution in [0.1, 0.15) is 30.7 Å². The highest BCUT2D eigenvalue weighted by molar-refractivity contribution is 7.99. The first-order valence-corrected chi connectivity index (χ1v) is 10.7. The number of hydrogen-bond donors (Lipinski definition) is 1. The van der Waals surface area contributed by atoms with E-state index in [2.05, 4.69) is 5.32 Å². The first-order chi connectivity index (χ1) is 12.9. The van der Waals surface area contributed by atoms with E-state index in [1.807, 2.05) is 58.0 Å². The molecule has 0 fully saturated rings. The number of carbonyl (C=O) groups is 1. The molecule has 1 N–H and O–H groups in total. The minimum Gasteiger partial charge on any atom is -0.353 e. The highest BCUT2D eigenvalue weighted by Gasteiger charge is 2.18. The van der Waals surface area contributed by atoms with Gasteiger partial charge in [0.15, 0.2) is 5.16 Å². The lowest BCUT2D eigenvalue weighted by Gasteiger charge is -2.14. The lowest BCUT2D eigenvalue weighted by Crippen LogP contribution is -2.33. The van der Waals surface area contributed by atoms with Crippen LogP contribution in [0.3, 0.4) is 0 Å². The largest absolute Gasteiger partial charge is 0.353 e. The SMILES string of the molecule is CC[C@@H](C)NC(=O)CSc1nc2sc(C)c(C)c2c(=O)n1-c1ccccc1. The number of hydrogen-bond acceptors (Lipinski definition) is 5. The van der Waals surface area contributed by atoms with Crippen molar-refractivity contribution in [3.05, 3.63) is 51.1 Å². The van der Waals surface area contributed by atoms with Crippen LogP contribution in [-0.4, -0.2) is 27.3 Å². The van der Waals surface area contributed by atoms with E-state index < -0.39 is 0 Å². The second-order valence-electron chi connectivity index (χ2n) is 6.50. The fourth-order valence-corrected chi connectivity index (χ4v) is 4.62. The summed E-state index contributed by atoms with van der Waals surface area (Å²) >= 11 is 2.81. The standard InChI is InChI=1S/C20H23N3O2S2/c1-5-12(2)21-16(24)11-26-20-22-18-17(13(3)14(4)27-18)19(25)23(20)15-9-7-6-8-10-15/h6-10,12H,5,11H2,1-4H3,(H,21,24)/t12-/m1/s1. The minimum absolute atomic E-state index is 0.0538. The number of amides is 1. The molecule has 3 aromatic rings. The number of nitrogens with one attached hydrogen (secondary N) is 1. The van der Waals surface area contributed by atoms with Crippen LogP contribution in [0, 0.1) is 13.8 Å². The average Bonchev–Trinajstić information content (AvgIpc) is 2.94. The number of aromatic nitrogens is 2. The third-order valence-electron chi connectivity index (χ3n) is 4.54. The molecule has 0 radical (unpaired) electrons. The quantitative estimate of drug-likeness (QED) is 0.499. The average molecular weight is 402 g/mol. The van der Waals surface area contributed by atoms with E-state index >= 15 is 0 Å². The molecule has 1 amide bonds. The lowest BCUT2D eigenvalue weighted by atomic mass is 10.2. The lowest BCUT2D eigenvalue weighted by molar-refractivity contribution is -0.119. The number of fused-ring (bicyclic) bond motifs is 1. The zero-order valence-electron chi connectivity index (χ0n) is 15.9. The van der Waals surface area contributed by atoms with Gasteiger partial charge in [-0.15, -0.1) is 11.3 Å². The van der Waals surface area contributed by atoms with Gasteiger partial charge in [0.1, 0.15) is 4.83 Å². The molecule has 27 heavy (non-hydrogen) atoms. The van der Waals surface area contributed by atoms with Gasteiger partial charge in [-0.05, 0) is 44.9 Å². The molecule has 0 aliphatic heterocycles. The molecule has 2 heterocycles. The Hall–Kier alpha value is -2.12. The summed E-state index contributed by atoms with van der Waals surface area (Å²) in [6.07, 6.45) is 0.878. The van der Waals surface area contributed by atoms with Gasteiger partial charge in [-0.2, -0.15) is 0 Å². The molecule has 142 valence electrons. The molecular formula is C20H23N3O2S2. The van der Waals surface area contributed by atoms with E-state index in [0.29, 0.717) is 10.5 Å². The molecule has 0 aliphatic rings. The van der Waals surface area contributed by atoms with E-state index in [4.69, 9.17) is 4.98 Å². The molecule has 2 aromatic heterocycles.